The summed E-state index contributed by atoms with van der Waals surface area (Å²) in [4.78, 5) is 5.32. The maximum atomic E-state index is 2.83. The summed E-state index contributed by atoms with van der Waals surface area (Å²) in [7, 11) is 2.27. The second kappa shape index (κ2) is 5.37. The normalized spacial score (nSPS) is 30.9. The average Bonchev–Trinajstić information content (AvgIpc) is 2.38. The predicted octanol–water partition coefficient (Wildman–Crippen LogP) is 3.23. The Hall–Kier alpha value is -0.0800. The standard InChI is InChI=1S/C17H32N2/c1-14(2)15-6-10-19(11-7-15)16-4-8-17(9-5-16)12-18(3)13-17/h14-16H,4-13H2,1-3H3. The first kappa shape index (κ1) is 13.9. The molecular weight excluding hydrogens is 232 g/mol. The fourth-order valence-corrected chi connectivity index (χ4v) is 4.95. The molecule has 0 unspecified atom stereocenters. The van der Waals surface area contributed by atoms with Crippen LogP contribution >= 0.6 is 0 Å². The molecule has 0 radical (unpaired) electrons. The zero-order valence-electron chi connectivity index (χ0n) is 13.2. The summed E-state index contributed by atoms with van der Waals surface area (Å²) in [6.07, 6.45) is 8.82. The van der Waals surface area contributed by atoms with Crippen molar-refractivity contribution in [3.8, 4) is 0 Å². The van der Waals surface area contributed by atoms with Crippen molar-refractivity contribution in [3.63, 3.8) is 0 Å². The van der Waals surface area contributed by atoms with Gasteiger partial charge in [-0.3, -0.25) is 0 Å². The highest BCUT2D eigenvalue weighted by molar-refractivity contribution is 4.98. The van der Waals surface area contributed by atoms with Crippen LogP contribution in [0.1, 0.15) is 52.4 Å². The van der Waals surface area contributed by atoms with Crippen LogP contribution in [0, 0.1) is 17.3 Å². The highest BCUT2D eigenvalue weighted by atomic mass is 15.2. The van der Waals surface area contributed by atoms with Crippen molar-refractivity contribution in [3.05, 3.63) is 0 Å². The van der Waals surface area contributed by atoms with Crippen molar-refractivity contribution in [2.75, 3.05) is 33.2 Å². The van der Waals surface area contributed by atoms with E-state index in [1.807, 2.05) is 0 Å². The molecule has 0 atom stereocenters. The molecule has 1 spiro atoms. The van der Waals surface area contributed by atoms with E-state index in [1.54, 1.807) is 0 Å². The van der Waals surface area contributed by atoms with Crippen LogP contribution in [0.25, 0.3) is 0 Å². The zero-order valence-corrected chi connectivity index (χ0v) is 13.2. The number of hydrogen-bond donors (Lipinski definition) is 0. The molecule has 0 bridgehead atoms. The first-order chi connectivity index (χ1) is 9.08. The lowest BCUT2D eigenvalue weighted by Gasteiger charge is -2.54. The number of likely N-dealkylation sites (tertiary alicyclic amines) is 2. The molecule has 2 heterocycles. The van der Waals surface area contributed by atoms with Crippen LogP contribution < -0.4 is 0 Å². The lowest BCUT2D eigenvalue weighted by Crippen LogP contribution is -2.57. The lowest BCUT2D eigenvalue weighted by molar-refractivity contribution is -0.0350. The van der Waals surface area contributed by atoms with Crippen LogP contribution in [-0.4, -0.2) is 49.1 Å². The molecule has 3 rings (SSSR count). The van der Waals surface area contributed by atoms with E-state index >= 15 is 0 Å². The summed E-state index contributed by atoms with van der Waals surface area (Å²) in [5.74, 6) is 1.88. The molecule has 2 heteroatoms. The molecule has 0 aromatic heterocycles. The fraction of sp³-hybridized carbons (Fsp3) is 1.00. The van der Waals surface area contributed by atoms with E-state index in [2.05, 4.69) is 30.7 Å². The molecule has 3 aliphatic rings. The van der Waals surface area contributed by atoms with Gasteiger partial charge in [-0.15, -0.1) is 0 Å². The van der Waals surface area contributed by atoms with Crippen LogP contribution in [0.5, 0.6) is 0 Å². The third kappa shape index (κ3) is 2.85. The minimum absolute atomic E-state index is 0.738. The number of hydrogen-bond acceptors (Lipinski definition) is 2. The summed E-state index contributed by atoms with van der Waals surface area (Å²) < 4.78 is 0. The molecule has 0 aromatic carbocycles. The number of piperidine rings is 1. The molecular formula is C17H32N2. The van der Waals surface area contributed by atoms with Crippen LogP contribution in [0.3, 0.4) is 0 Å². The van der Waals surface area contributed by atoms with E-state index in [0.29, 0.717) is 0 Å². The van der Waals surface area contributed by atoms with Gasteiger partial charge in [0.25, 0.3) is 0 Å². The Labute approximate surface area is 119 Å². The van der Waals surface area contributed by atoms with E-state index < -0.39 is 0 Å². The number of nitrogens with zero attached hydrogens (tertiary/aromatic N) is 2. The van der Waals surface area contributed by atoms with Gasteiger partial charge in [-0.25, -0.2) is 0 Å². The lowest BCUT2D eigenvalue weighted by atomic mass is 9.67. The minimum atomic E-state index is 0.738. The first-order valence-corrected chi connectivity index (χ1v) is 8.51. The van der Waals surface area contributed by atoms with E-state index in [1.165, 1.54) is 64.7 Å². The summed E-state index contributed by atoms with van der Waals surface area (Å²) in [5, 5.41) is 0. The summed E-state index contributed by atoms with van der Waals surface area (Å²) in [6.45, 7) is 10.3. The molecule has 19 heavy (non-hydrogen) atoms. The van der Waals surface area contributed by atoms with Gasteiger partial charge in [0.2, 0.25) is 0 Å². The Morgan fingerprint density at radius 1 is 0.947 bits per heavy atom. The van der Waals surface area contributed by atoms with Gasteiger partial charge in [-0.05, 0) is 75.9 Å². The molecule has 2 nitrogen and oxygen atoms in total. The highest BCUT2D eigenvalue weighted by Crippen LogP contribution is 2.44. The molecule has 2 aliphatic heterocycles. The van der Waals surface area contributed by atoms with Gasteiger partial charge in [0, 0.05) is 19.1 Å². The Morgan fingerprint density at radius 2 is 1.53 bits per heavy atom. The Morgan fingerprint density at radius 3 is 2.00 bits per heavy atom. The zero-order chi connectivity index (χ0) is 13.5. The van der Waals surface area contributed by atoms with Gasteiger partial charge in [0.05, 0.1) is 0 Å². The fourth-order valence-electron chi connectivity index (χ4n) is 4.95. The molecule has 3 fully saturated rings. The topological polar surface area (TPSA) is 6.48 Å². The van der Waals surface area contributed by atoms with Gasteiger partial charge >= 0.3 is 0 Å². The van der Waals surface area contributed by atoms with Crippen molar-refractivity contribution in [1.82, 2.24) is 9.80 Å². The van der Waals surface area contributed by atoms with Crippen LogP contribution in [0.15, 0.2) is 0 Å². The second-order valence-corrected chi connectivity index (χ2v) is 8.02. The van der Waals surface area contributed by atoms with Crippen LogP contribution in [-0.2, 0) is 0 Å². The largest absolute Gasteiger partial charge is 0.305 e. The second-order valence-electron chi connectivity index (χ2n) is 8.02. The van der Waals surface area contributed by atoms with E-state index in [9.17, 15) is 0 Å². The average molecular weight is 264 g/mol. The molecule has 1 saturated carbocycles. The van der Waals surface area contributed by atoms with Gasteiger partial charge in [-0.2, -0.15) is 0 Å². The van der Waals surface area contributed by atoms with Crippen molar-refractivity contribution in [2.24, 2.45) is 17.3 Å². The van der Waals surface area contributed by atoms with Crippen molar-refractivity contribution < 1.29 is 0 Å². The minimum Gasteiger partial charge on any atom is -0.305 e. The smallest absolute Gasteiger partial charge is 0.00957 e. The maximum absolute atomic E-state index is 2.83. The van der Waals surface area contributed by atoms with Crippen LogP contribution in [0.2, 0.25) is 0 Å². The highest BCUT2D eigenvalue weighted by Gasteiger charge is 2.44. The van der Waals surface area contributed by atoms with E-state index in [4.69, 9.17) is 0 Å². The monoisotopic (exact) mass is 264 g/mol. The third-order valence-corrected chi connectivity index (χ3v) is 6.26. The molecule has 0 aromatic rings. The molecule has 0 N–H and O–H groups in total. The van der Waals surface area contributed by atoms with Gasteiger partial charge < -0.3 is 9.80 Å². The van der Waals surface area contributed by atoms with Gasteiger partial charge in [0.1, 0.15) is 0 Å². The quantitative estimate of drug-likeness (QED) is 0.755. The molecule has 0 amide bonds. The predicted molar refractivity (Wildman–Crippen MR) is 81.3 cm³/mol. The van der Waals surface area contributed by atoms with E-state index in [0.717, 1.165) is 23.3 Å². The van der Waals surface area contributed by atoms with Gasteiger partial charge in [0.15, 0.2) is 0 Å². The number of rotatable bonds is 2. The molecule has 1 aliphatic carbocycles. The Kier molecular flexibility index (Phi) is 3.92. The summed E-state index contributed by atoms with van der Waals surface area (Å²) in [6, 6.07) is 0.921. The van der Waals surface area contributed by atoms with Crippen molar-refractivity contribution >= 4 is 0 Å². The Balaban J connectivity index is 1.45. The third-order valence-electron chi connectivity index (χ3n) is 6.26. The SMILES string of the molecule is CC(C)C1CCN(C2CCC3(CC2)CN(C)C3)CC1. The van der Waals surface area contributed by atoms with Gasteiger partial charge in [-0.1, -0.05) is 13.8 Å². The molecule has 110 valence electrons. The first-order valence-electron chi connectivity index (χ1n) is 8.51. The molecule has 2 saturated heterocycles. The summed E-state index contributed by atoms with van der Waals surface area (Å²) >= 11 is 0. The van der Waals surface area contributed by atoms with Crippen LogP contribution in [0.4, 0.5) is 0 Å². The Bertz CT molecular complexity index is 288. The van der Waals surface area contributed by atoms with E-state index in [-0.39, 0.29) is 0 Å². The van der Waals surface area contributed by atoms with Crippen molar-refractivity contribution in [2.45, 2.75) is 58.4 Å². The maximum Gasteiger partial charge on any atom is 0.00957 e. The van der Waals surface area contributed by atoms with Crippen molar-refractivity contribution in [1.29, 1.82) is 0 Å². The summed E-state index contributed by atoms with van der Waals surface area (Å²) in [5.41, 5.74) is 0.738.